The minimum atomic E-state index is 0.114. The molecule has 0 spiro atoms. The Labute approximate surface area is 213 Å². The Morgan fingerprint density at radius 3 is 2.47 bits per heavy atom. The number of fused-ring (bicyclic) bond motifs is 1. The fourth-order valence-corrected chi connectivity index (χ4v) is 5.94. The molecule has 1 N–H and O–H groups in total. The molecule has 1 aliphatic carbocycles. The van der Waals surface area contributed by atoms with Crippen LogP contribution in [-0.2, 0) is 13.0 Å². The van der Waals surface area contributed by atoms with Gasteiger partial charge in [0.1, 0.15) is 5.82 Å². The molecule has 1 saturated heterocycles. The summed E-state index contributed by atoms with van der Waals surface area (Å²) in [5.41, 5.74) is 8.35. The number of benzene rings is 2. The zero-order valence-corrected chi connectivity index (χ0v) is 21.2. The molecule has 0 bridgehead atoms. The van der Waals surface area contributed by atoms with Gasteiger partial charge in [-0.05, 0) is 80.3 Å². The highest BCUT2D eigenvalue weighted by Gasteiger charge is 2.33. The van der Waals surface area contributed by atoms with Crippen molar-refractivity contribution >= 4 is 5.91 Å². The van der Waals surface area contributed by atoms with Crippen molar-refractivity contribution in [2.75, 3.05) is 19.6 Å². The van der Waals surface area contributed by atoms with E-state index < -0.39 is 0 Å². The Morgan fingerprint density at radius 1 is 1.03 bits per heavy atom. The van der Waals surface area contributed by atoms with Gasteiger partial charge in [-0.15, -0.1) is 0 Å². The topological polar surface area (TPSA) is 76.0 Å². The molecular formula is C30H33N5O. The smallest absolute Gasteiger partial charge is 0.254 e. The molecule has 0 radical (unpaired) electrons. The fraction of sp³-hybridized carbons (Fsp3) is 0.433. The minimum Gasteiger partial charge on any atom is -0.342 e. The molecule has 1 saturated carbocycles. The van der Waals surface area contributed by atoms with E-state index in [-0.39, 0.29) is 5.91 Å². The number of carbonyl (C=O) groups excluding carboxylic acids is 1. The highest BCUT2D eigenvalue weighted by molar-refractivity contribution is 5.97. The lowest BCUT2D eigenvalue weighted by atomic mass is 9.88. The van der Waals surface area contributed by atoms with E-state index in [4.69, 9.17) is 10.2 Å². The molecule has 3 aliphatic rings. The number of rotatable bonds is 4. The van der Waals surface area contributed by atoms with Crippen molar-refractivity contribution in [1.29, 1.82) is 5.26 Å². The van der Waals surface area contributed by atoms with Gasteiger partial charge >= 0.3 is 0 Å². The number of carbonyl (C=O) groups is 1. The Bertz CT molecular complexity index is 1340. The summed E-state index contributed by atoms with van der Waals surface area (Å²) < 4.78 is 0. The van der Waals surface area contributed by atoms with Crippen LogP contribution in [0.5, 0.6) is 0 Å². The molecule has 2 aromatic carbocycles. The Balaban J connectivity index is 1.19. The zero-order valence-electron chi connectivity index (χ0n) is 21.2. The highest BCUT2D eigenvalue weighted by Crippen LogP contribution is 2.34. The van der Waals surface area contributed by atoms with Gasteiger partial charge in [-0.3, -0.25) is 9.69 Å². The van der Waals surface area contributed by atoms with Crippen molar-refractivity contribution in [3.05, 3.63) is 75.6 Å². The molecule has 1 amide bonds. The van der Waals surface area contributed by atoms with Gasteiger partial charge in [0.25, 0.3) is 5.91 Å². The summed E-state index contributed by atoms with van der Waals surface area (Å²) in [6.45, 7) is 7.68. The van der Waals surface area contributed by atoms with Crippen LogP contribution in [0.25, 0.3) is 11.4 Å². The molecule has 3 aromatic rings. The number of aryl methyl sites for hydroxylation is 2. The monoisotopic (exact) mass is 479 g/mol. The molecule has 184 valence electrons. The van der Waals surface area contributed by atoms with Crippen LogP contribution < -0.4 is 0 Å². The summed E-state index contributed by atoms with van der Waals surface area (Å²) >= 11 is 0. The Morgan fingerprint density at radius 2 is 1.78 bits per heavy atom. The maximum Gasteiger partial charge on any atom is 0.254 e. The van der Waals surface area contributed by atoms with Crippen LogP contribution >= 0.6 is 0 Å². The van der Waals surface area contributed by atoms with Gasteiger partial charge in [0.15, 0.2) is 0 Å². The molecular weight excluding hydrogens is 446 g/mol. The van der Waals surface area contributed by atoms with Crippen molar-refractivity contribution in [1.82, 2.24) is 19.8 Å². The van der Waals surface area contributed by atoms with Gasteiger partial charge in [-0.25, -0.2) is 4.98 Å². The fourth-order valence-electron chi connectivity index (χ4n) is 5.94. The largest absolute Gasteiger partial charge is 0.342 e. The third-order valence-electron chi connectivity index (χ3n) is 8.28. The molecule has 6 rings (SSSR count). The number of nitriles is 1. The van der Waals surface area contributed by atoms with Crippen molar-refractivity contribution in [2.24, 2.45) is 0 Å². The highest BCUT2D eigenvalue weighted by atomic mass is 16.2. The number of H-pyrrole nitrogens is 1. The van der Waals surface area contributed by atoms with Crippen LogP contribution in [0.1, 0.15) is 75.6 Å². The van der Waals surface area contributed by atoms with Crippen LogP contribution in [0.15, 0.2) is 36.4 Å². The second-order valence-electron chi connectivity index (χ2n) is 10.7. The van der Waals surface area contributed by atoms with E-state index in [0.717, 1.165) is 79.6 Å². The van der Waals surface area contributed by atoms with E-state index in [0.29, 0.717) is 11.5 Å². The zero-order chi connectivity index (χ0) is 24.8. The summed E-state index contributed by atoms with van der Waals surface area (Å²) in [7, 11) is 0. The second-order valence-corrected chi connectivity index (χ2v) is 10.7. The van der Waals surface area contributed by atoms with E-state index in [1.54, 1.807) is 0 Å². The van der Waals surface area contributed by atoms with Gasteiger partial charge in [0.2, 0.25) is 0 Å². The minimum absolute atomic E-state index is 0.114. The molecule has 6 heteroatoms. The first kappa shape index (κ1) is 23.0. The summed E-state index contributed by atoms with van der Waals surface area (Å²) in [5, 5.41) is 9.05. The van der Waals surface area contributed by atoms with Gasteiger partial charge < -0.3 is 9.88 Å². The number of piperidine rings is 1. The van der Waals surface area contributed by atoms with E-state index in [2.05, 4.69) is 47.1 Å². The Kier molecular flexibility index (Phi) is 5.89. The van der Waals surface area contributed by atoms with Crippen molar-refractivity contribution in [3.8, 4) is 17.5 Å². The summed E-state index contributed by atoms with van der Waals surface area (Å²) in [6.07, 6.45) is 5.54. The number of nitrogens with one attached hydrogen (secondary N) is 1. The maximum absolute atomic E-state index is 13.6. The van der Waals surface area contributed by atoms with Crippen LogP contribution in [0.3, 0.4) is 0 Å². The molecule has 3 heterocycles. The number of likely N-dealkylation sites (tertiary alicyclic amines) is 1. The average molecular weight is 480 g/mol. The molecule has 1 aromatic heterocycles. The van der Waals surface area contributed by atoms with E-state index in [9.17, 15) is 4.79 Å². The number of nitrogens with zero attached hydrogens (tertiary/aromatic N) is 4. The SMILES string of the molecule is Cc1cc(C)c(-c2nc3c([nH]2)CCN(C2CC2)C3)cc1C(=O)N1CCC(c2ccc(C#N)cc2)CC1. The number of hydrogen-bond acceptors (Lipinski definition) is 4. The van der Waals surface area contributed by atoms with Gasteiger partial charge in [0.05, 0.1) is 17.3 Å². The number of aromatic amines is 1. The first-order valence-electron chi connectivity index (χ1n) is 13.2. The molecule has 0 unspecified atom stereocenters. The molecule has 2 fully saturated rings. The predicted molar refractivity (Wildman–Crippen MR) is 140 cm³/mol. The van der Waals surface area contributed by atoms with Gasteiger partial charge in [-0.2, -0.15) is 5.26 Å². The lowest BCUT2D eigenvalue weighted by Crippen LogP contribution is -2.38. The molecule has 0 atom stereocenters. The van der Waals surface area contributed by atoms with Crippen LogP contribution in [0.2, 0.25) is 0 Å². The van der Waals surface area contributed by atoms with Crippen LogP contribution in [-0.4, -0.2) is 51.4 Å². The molecule has 2 aliphatic heterocycles. The third-order valence-corrected chi connectivity index (χ3v) is 8.28. The van der Waals surface area contributed by atoms with E-state index in [1.165, 1.54) is 29.8 Å². The first-order chi connectivity index (χ1) is 17.5. The lowest BCUT2D eigenvalue weighted by molar-refractivity contribution is 0.0712. The number of aromatic nitrogens is 2. The molecule has 36 heavy (non-hydrogen) atoms. The van der Waals surface area contributed by atoms with E-state index in [1.807, 2.05) is 24.0 Å². The quantitative estimate of drug-likeness (QED) is 0.565. The van der Waals surface area contributed by atoms with Crippen LogP contribution in [0.4, 0.5) is 0 Å². The van der Waals surface area contributed by atoms with Crippen molar-refractivity contribution in [3.63, 3.8) is 0 Å². The third kappa shape index (κ3) is 4.33. The standard InChI is InChI=1S/C30H33N5O/c1-19-15-20(2)26(16-25(19)29-32-27-11-14-35(24-7-8-24)18-28(27)33-29)30(36)34-12-9-23(10-13-34)22-5-3-21(17-31)4-6-22/h3-6,15-16,23-24H,7-14,18H2,1-2H3,(H,32,33). The molecule has 6 nitrogen and oxygen atoms in total. The Hall–Kier alpha value is -3.43. The van der Waals surface area contributed by atoms with Crippen molar-refractivity contribution in [2.45, 2.75) is 64.5 Å². The summed E-state index contributed by atoms with van der Waals surface area (Å²) in [5.74, 6) is 1.44. The van der Waals surface area contributed by atoms with Gasteiger partial charge in [0, 0.05) is 55.5 Å². The van der Waals surface area contributed by atoms with Gasteiger partial charge in [-0.1, -0.05) is 18.2 Å². The predicted octanol–water partition coefficient (Wildman–Crippen LogP) is 5.11. The summed E-state index contributed by atoms with van der Waals surface area (Å²) in [4.78, 5) is 26.8. The van der Waals surface area contributed by atoms with E-state index >= 15 is 0 Å². The summed E-state index contributed by atoms with van der Waals surface area (Å²) in [6, 6.07) is 15.0. The number of amides is 1. The average Bonchev–Trinajstić information content (AvgIpc) is 3.67. The number of imidazole rings is 1. The van der Waals surface area contributed by atoms with Crippen LogP contribution in [0, 0.1) is 25.2 Å². The maximum atomic E-state index is 13.6. The second kappa shape index (κ2) is 9.22. The first-order valence-corrected chi connectivity index (χ1v) is 13.2. The normalized spacial score (nSPS) is 18.6. The van der Waals surface area contributed by atoms with Crippen molar-refractivity contribution < 1.29 is 4.79 Å². The lowest BCUT2D eigenvalue weighted by Gasteiger charge is -2.32. The number of hydrogen-bond donors (Lipinski definition) is 1.